The molecule has 4 rings (SSSR count). The monoisotopic (exact) mass is 409 g/mol. The van der Waals surface area contributed by atoms with Crippen LogP contribution >= 0.6 is 11.3 Å². The van der Waals surface area contributed by atoms with Crippen molar-refractivity contribution in [2.75, 3.05) is 5.32 Å². The number of fused-ring (bicyclic) bond motifs is 3. The first-order chi connectivity index (χ1) is 14.0. The highest BCUT2D eigenvalue weighted by molar-refractivity contribution is 7.18. The highest BCUT2D eigenvalue weighted by Crippen LogP contribution is 2.35. The first-order valence-electron chi connectivity index (χ1n) is 10.4. The number of aromatic nitrogens is 2. The first kappa shape index (κ1) is 19.8. The van der Waals surface area contributed by atoms with Crippen molar-refractivity contribution in [3.8, 4) is 0 Å². The standard InChI is InChI=1S/C23H27N3O2S/c1-4-15(3)16-7-5-6-8-18(16)25-20(27)12-26-13-24-22-21(23(26)28)17-10-9-14(2)11-19(17)29-22/h5-8,13-15H,4,9-12H2,1-3H3,(H,25,27)/t14-,15-/m1/s1. The zero-order valence-electron chi connectivity index (χ0n) is 17.2. The van der Waals surface area contributed by atoms with E-state index in [9.17, 15) is 9.59 Å². The van der Waals surface area contributed by atoms with E-state index in [1.54, 1.807) is 11.3 Å². The number of rotatable bonds is 5. The van der Waals surface area contributed by atoms with Crippen LogP contribution in [0.1, 0.15) is 55.5 Å². The summed E-state index contributed by atoms with van der Waals surface area (Å²) in [6, 6.07) is 7.86. The quantitative estimate of drug-likeness (QED) is 0.662. The maximum absolute atomic E-state index is 13.1. The van der Waals surface area contributed by atoms with Crippen LogP contribution in [0, 0.1) is 5.92 Å². The number of hydrogen-bond donors (Lipinski definition) is 1. The number of anilines is 1. The van der Waals surface area contributed by atoms with Gasteiger partial charge in [-0.25, -0.2) is 4.98 Å². The van der Waals surface area contributed by atoms with E-state index in [1.165, 1.54) is 15.8 Å². The van der Waals surface area contributed by atoms with E-state index >= 15 is 0 Å². The summed E-state index contributed by atoms with van der Waals surface area (Å²) < 4.78 is 1.44. The van der Waals surface area contributed by atoms with E-state index in [1.807, 2.05) is 24.3 Å². The van der Waals surface area contributed by atoms with Crippen molar-refractivity contribution < 1.29 is 4.79 Å². The third-order valence-electron chi connectivity index (χ3n) is 5.97. The molecule has 1 aromatic carbocycles. The Morgan fingerprint density at radius 2 is 2.17 bits per heavy atom. The summed E-state index contributed by atoms with van der Waals surface area (Å²) in [6.45, 7) is 6.50. The minimum atomic E-state index is -0.207. The summed E-state index contributed by atoms with van der Waals surface area (Å²) in [7, 11) is 0. The van der Waals surface area contributed by atoms with Crippen LogP contribution in [0.3, 0.4) is 0 Å². The Kier molecular flexibility index (Phi) is 5.54. The second kappa shape index (κ2) is 8.11. The Morgan fingerprint density at radius 3 is 2.97 bits per heavy atom. The van der Waals surface area contributed by atoms with Gasteiger partial charge in [0.2, 0.25) is 5.91 Å². The molecule has 0 radical (unpaired) electrons. The summed E-state index contributed by atoms with van der Waals surface area (Å²) in [6.07, 6.45) is 5.54. The van der Waals surface area contributed by atoms with Gasteiger partial charge >= 0.3 is 0 Å². The summed E-state index contributed by atoms with van der Waals surface area (Å²) in [5.41, 5.74) is 2.98. The summed E-state index contributed by atoms with van der Waals surface area (Å²) in [5, 5.41) is 3.70. The molecule has 3 aromatic rings. The molecule has 0 bridgehead atoms. The average molecular weight is 410 g/mol. The zero-order valence-corrected chi connectivity index (χ0v) is 18.0. The van der Waals surface area contributed by atoms with Crippen molar-refractivity contribution in [2.45, 2.75) is 58.9 Å². The van der Waals surface area contributed by atoms with E-state index in [4.69, 9.17) is 0 Å². The highest BCUT2D eigenvalue weighted by Gasteiger charge is 2.23. The summed E-state index contributed by atoms with van der Waals surface area (Å²) >= 11 is 1.63. The fraction of sp³-hybridized carbons (Fsp3) is 0.435. The molecule has 0 saturated heterocycles. The third-order valence-corrected chi connectivity index (χ3v) is 7.14. The second-order valence-corrected chi connectivity index (χ2v) is 9.24. The molecule has 0 aliphatic heterocycles. The maximum atomic E-state index is 13.1. The molecule has 2 aromatic heterocycles. The van der Waals surface area contributed by atoms with Crippen molar-refractivity contribution in [1.82, 2.24) is 9.55 Å². The second-order valence-electron chi connectivity index (χ2n) is 8.15. The smallest absolute Gasteiger partial charge is 0.262 e. The number of para-hydroxylation sites is 1. The molecular formula is C23H27N3O2S. The number of nitrogens with one attached hydrogen (secondary N) is 1. The molecule has 0 spiro atoms. The lowest BCUT2D eigenvalue weighted by Crippen LogP contribution is -2.28. The Balaban J connectivity index is 1.60. The van der Waals surface area contributed by atoms with Crippen molar-refractivity contribution in [2.24, 2.45) is 5.92 Å². The number of aryl methyl sites for hydroxylation is 1. The molecule has 1 aliphatic rings. The van der Waals surface area contributed by atoms with Crippen LogP contribution < -0.4 is 10.9 Å². The van der Waals surface area contributed by atoms with Gasteiger partial charge in [0.25, 0.3) is 5.56 Å². The van der Waals surface area contributed by atoms with Gasteiger partial charge in [-0.3, -0.25) is 14.2 Å². The van der Waals surface area contributed by atoms with Gasteiger partial charge in [0.1, 0.15) is 11.4 Å². The van der Waals surface area contributed by atoms with Crippen LogP contribution in [-0.4, -0.2) is 15.5 Å². The number of benzene rings is 1. The third kappa shape index (κ3) is 3.86. The number of carbonyl (C=O) groups is 1. The van der Waals surface area contributed by atoms with E-state index in [0.717, 1.165) is 47.3 Å². The zero-order chi connectivity index (χ0) is 20.5. The molecule has 1 N–H and O–H groups in total. The van der Waals surface area contributed by atoms with Crippen LogP contribution in [-0.2, 0) is 24.2 Å². The maximum Gasteiger partial charge on any atom is 0.262 e. The molecule has 0 unspecified atom stereocenters. The minimum absolute atomic E-state index is 0.0301. The molecule has 29 heavy (non-hydrogen) atoms. The van der Waals surface area contributed by atoms with Gasteiger partial charge in [-0.15, -0.1) is 11.3 Å². The Hall–Kier alpha value is -2.47. The lowest BCUT2D eigenvalue weighted by molar-refractivity contribution is -0.116. The number of hydrogen-bond acceptors (Lipinski definition) is 4. The van der Waals surface area contributed by atoms with E-state index < -0.39 is 0 Å². The molecule has 2 heterocycles. The van der Waals surface area contributed by atoms with Gasteiger partial charge in [0.15, 0.2) is 0 Å². The number of amides is 1. The van der Waals surface area contributed by atoms with Crippen LogP contribution in [0.2, 0.25) is 0 Å². The van der Waals surface area contributed by atoms with Crippen LogP contribution in [0.4, 0.5) is 5.69 Å². The van der Waals surface area contributed by atoms with Crippen molar-refractivity contribution in [1.29, 1.82) is 0 Å². The Labute approximate surface area is 174 Å². The first-order valence-corrected chi connectivity index (χ1v) is 11.2. The van der Waals surface area contributed by atoms with Crippen LogP contribution in [0.15, 0.2) is 35.4 Å². The van der Waals surface area contributed by atoms with Crippen LogP contribution in [0.25, 0.3) is 10.2 Å². The molecule has 1 aliphatic carbocycles. The molecule has 5 nitrogen and oxygen atoms in total. The fourth-order valence-corrected chi connectivity index (χ4v) is 5.42. The largest absolute Gasteiger partial charge is 0.324 e. The number of carbonyl (C=O) groups excluding carboxylic acids is 1. The summed E-state index contributed by atoms with van der Waals surface area (Å²) in [5.74, 6) is 0.794. The molecular weight excluding hydrogens is 382 g/mol. The minimum Gasteiger partial charge on any atom is -0.324 e. The normalized spacial score (nSPS) is 17.1. The predicted octanol–water partition coefficient (Wildman–Crippen LogP) is 4.74. The molecule has 0 saturated carbocycles. The van der Waals surface area contributed by atoms with Crippen LogP contribution in [0.5, 0.6) is 0 Å². The van der Waals surface area contributed by atoms with E-state index in [0.29, 0.717) is 17.2 Å². The van der Waals surface area contributed by atoms with Gasteiger partial charge in [-0.05, 0) is 54.7 Å². The Bertz CT molecular complexity index is 1110. The topological polar surface area (TPSA) is 64.0 Å². The average Bonchev–Trinajstić information content (AvgIpc) is 3.08. The van der Waals surface area contributed by atoms with Gasteiger partial charge in [-0.2, -0.15) is 0 Å². The molecule has 152 valence electrons. The van der Waals surface area contributed by atoms with Crippen molar-refractivity contribution in [3.63, 3.8) is 0 Å². The SMILES string of the molecule is CC[C@@H](C)c1ccccc1NC(=O)Cn1cnc2sc3c(c2c1=O)CC[C@@H](C)C3. The molecule has 2 atom stereocenters. The lowest BCUT2D eigenvalue weighted by Gasteiger charge is -2.17. The van der Waals surface area contributed by atoms with Crippen molar-refractivity contribution >= 4 is 33.1 Å². The van der Waals surface area contributed by atoms with E-state index in [-0.39, 0.29) is 18.0 Å². The Morgan fingerprint density at radius 1 is 1.38 bits per heavy atom. The number of nitrogens with zero attached hydrogens (tertiary/aromatic N) is 2. The van der Waals surface area contributed by atoms with E-state index in [2.05, 4.69) is 31.1 Å². The van der Waals surface area contributed by atoms with Gasteiger partial charge in [0.05, 0.1) is 11.7 Å². The molecule has 1 amide bonds. The summed E-state index contributed by atoms with van der Waals surface area (Å²) in [4.78, 5) is 32.4. The lowest BCUT2D eigenvalue weighted by atomic mass is 9.89. The molecule has 0 fully saturated rings. The van der Waals surface area contributed by atoms with Gasteiger partial charge < -0.3 is 5.32 Å². The fourth-order valence-electron chi connectivity index (χ4n) is 4.08. The van der Waals surface area contributed by atoms with Gasteiger partial charge in [-0.1, -0.05) is 39.0 Å². The highest BCUT2D eigenvalue weighted by atomic mass is 32.1. The number of thiophene rings is 1. The predicted molar refractivity (Wildman–Crippen MR) is 119 cm³/mol. The van der Waals surface area contributed by atoms with Crippen molar-refractivity contribution in [3.05, 3.63) is 57.0 Å². The molecule has 6 heteroatoms. The van der Waals surface area contributed by atoms with Gasteiger partial charge in [0, 0.05) is 10.6 Å².